The number of rotatable bonds is 12. The fraction of sp³-hybridized carbons (Fsp3) is 0.448. The predicted molar refractivity (Wildman–Crippen MR) is 141 cm³/mol. The number of carbonyl (C=O) groups is 2. The van der Waals surface area contributed by atoms with Crippen molar-refractivity contribution in [2.24, 2.45) is 0 Å². The molecule has 194 valence electrons. The van der Waals surface area contributed by atoms with Crippen molar-refractivity contribution in [3.63, 3.8) is 0 Å². The molecule has 36 heavy (non-hydrogen) atoms. The molecular weight excluding hydrogens is 456 g/mol. The third-order valence-electron chi connectivity index (χ3n) is 6.31. The van der Waals surface area contributed by atoms with E-state index in [9.17, 15) is 14.7 Å². The fourth-order valence-electron chi connectivity index (χ4n) is 4.49. The Morgan fingerprint density at radius 2 is 1.58 bits per heavy atom. The number of aliphatic hydroxyl groups is 1. The number of ether oxygens (including phenoxy) is 2. The number of ketones is 1. The Morgan fingerprint density at radius 3 is 2.14 bits per heavy atom. The van der Waals surface area contributed by atoms with Crippen LogP contribution in [0, 0.1) is 0 Å². The maximum absolute atomic E-state index is 13.2. The van der Waals surface area contributed by atoms with E-state index in [4.69, 9.17) is 9.47 Å². The van der Waals surface area contributed by atoms with Gasteiger partial charge in [-0.3, -0.25) is 9.59 Å². The highest BCUT2D eigenvalue weighted by Crippen LogP contribution is 2.40. The second-order valence-electron chi connectivity index (χ2n) is 9.07. The SMILES string of the molecule is CCOc1ccc(/C(O)=C2\C(=O)C(=O)N(CCCN(CC)CC)C2c2ccc(OC(C)C)cc2)cc1. The van der Waals surface area contributed by atoms with Gasteiger partial charge >= 0.3 is 0 Å². The van der Waals surface area contributed by atoms with E-state index in [-0.39, 0.29) is 17.4 Å². The average molecular weight is 495 g/mol. The molecule has 1 aliphatic rings. The Morgan fingerprint density at radius 1 is 0.972 bits per heavy atom. The molecule has 7 heteroatoms. The highest BCUT2D eigenvalue weighted by Gasteiger charge is 2.45. The minimum absolute atomic E-state index is 0.0289. The fourth-order valence-corrected chi connectivity index (χ4v) is 4.49. The minimum atomic E-state index is -0.679. The molecule has 0 radical (unpaired) electrons. The van der Waals surface area contributed by atoms with E-state index in [1.165, 1.54) is 0 Å². The second kappa shape index (κ2) is 12.6. The lowest BCUT2D eigenvalue weighted by Crippen LogP contribution is -2.33. The zero-order valence-electron chi connectivity index (χ0n) is 22.0. The maximum Gasteiger partial charge on any atom is 0.295 e. The smallest absolute Gasteiger partial charge is 0.295 e. The summed E-state index contributed by atoms with van der Waals surface area (Å²) < 4.78 is 11.3. The molecule has 0 aliphatic carbocycles. The lowest BCUT2D eigenvalue weighted by Gasteiger charge is -2.27. The Balaban J connectivity index is 2.00. The Labute approximate surface area is 214 Å². The van der Waals surface area contributed by atoms with Crippen molar-refractivity contribution >= 4 is 17.4 Å². The van der Waals surface area contributed by atoms with E-state index in [0.29, 0.717) is 30.2 Å². The van der Waals surface area contributed by atoms with Gasteiger partial charge in [0, 0.05) is 12.1 Å². The molecule has 1 aliphatic heterocycles. The van der Waals surface area contributed by atoms with Gasteiger partial charge in [0.1, 0.15) is 17.3 Å². The van der Waals surface area contributed by atoms with Crippen molar-refractivity contribution in [2.45, 2.75) is 53.2 Å². The number of amides is 1. The first-order valence-corrected chi connectivity index (χ1v) is 12.8. The van der Waals surface area contributed by atoms with Crippen LogP contribution in [0.2, 0.25) is 0 Å². The van der Waals surface area contributed by atoms with Crippen LogP contribution in [-0.4, -0.2) is 65.5 Å². The van der Waals surface area contributed by atoms with Gasteiger partial charge < -0.3 is 24.4 Å². The standard InChI is InChI=1S/C29H38N2O5/c1-6-30(7-2)18-9-19-31-26(21-10-16-24(17-11-21)36-20(4)5)25(28(33)29(31)34)27(32)22-12-14-23(15-13-22)35-8-3/h10-17,20,26,32H,6-9,18-19H2,1-5H3/b27-25+. The van der Waals surface area contributed by atoms with Crippen LogP contribution in [-0.2, 0) is 9.59 Å². The van der Waals surface area contributed by atoms with Crippen molar-refractivity contribution in [2.75, 3.05) is 32.8 Å². The number of Topliss-reactive ketones (excluding diaryl/α,β-unsaturated/α-hetero) is 1. The highest BCUT2D eigenvalue weighted by molar-refractivity contribution is 6.46. The Kier molecular flexibility index (Phi) is 9.53. The van der Waals surface area contributed by atoms with E-state index in [1.54, 1.807) is 29.2 Å². The van der Waals surface area contributed by atoms with Crippen molar-refractivity contribution in [3.05, 3.63) is 65.2 Å². The summed E-state index contributed by atoms with van der Waals surface area (Å²) in [6.45, 7) is 13.6. The number of aliphatic hydroxyl groups excluding tert-OH is 1. The first kappa shape index (κ1) is 27.3. The van der Waals surface area contributed by atoms with Crippen LogP contribution in [0.3, 0.4) is 0 Å². The van der Waals surface area contributed by atoms with Crippen molar-refractivity contribution < 1.29 is 24.2 Å². The summed E-state index contributed by atoms with van der Waals surface area (Å²) in [5.41, 5.74) is 1.31. The van der Waals surface area contributed by atoms with Crippen LogP contribution in [0.15, 0.2) is 54.1 Å². The lowest BCUT2D eigenvalue weighted by molar-refractivity contribution is -0.140. The molecule has 0 aromatic heterocycles. The number of hydrogen-bond acceptors (Lipinski definition) is 6. The summed E-state index contributed by atoms with van der Waals surface area (Å²) in [4.78, 5) is 30.3. The average Bonchev–Trinajstić information content (AvgIpc) is 3.12. The topological polar surface area (TPSA) is 79.3 Å². The molecule has 2 aromatic carbocycles. The molecule has 3 rings (SSSR count). The molecule has 1 heterocycles. The molecular formula is C29H38N2O5. The molecule has 1 atom stereocenters. The van der Waals surface area contributed by atoms with Crippen molar-refractivity contribution in [1.82, 2.24) is 9.80 Å². The van der Waals surface area contributed by atoms with Crippen LogP contribution < -0.4 is 9.47 Å². The van der Waals surface area contributed by atoms with E-state index in [1.807, 2.05) is 45.0 Å². The molecule has 1 unspecified atom stereocenters. The summed E-state index contributed by atoms with van der Waals surface area (Å²) in [5, 5.41) is 11.2. The number of nitrogens with zero attached hydrogens (tertiary/aromatic N) is 2. The van der Waals surface area contributed by atoms with Crippen LogP contribution in [0.1, 0.15) is 58.2 Å². The minimum Gasteiger partial charge on any atom is -0.507 e. The van der Waals surface area contributed by atoms with Gasteiger partial charge in [-0.2, -0.15) is 0 Å². The van der Waals surface area contributed by atoms with E-state index in [0.717, 1.165) is 31.6 Å². The highest BCUT2D eigenvalue weighted by atomic mass is 16.5. The lowest BCUT2D eigenvalue weighted by atomic mass is 9.95. The summed E-state index contributed by atoms with van der Waals surface area (Å²) in [5.74, 6) is -0.0663. The molecule has 0 bridgehead atoms. The zero-order chi connectivity index (χ0) is 26.2. The predicted octanol–water partition coefficient (Wildman–Crippen LogP) is 5.03. The monoisotopic (exact) mass is 494 g/mol. The van der Waals surface area contributed by atoms with Gasteiger partial charge in [-0.05, 0) is 88.8 Å². The number of hydrogen-bond donors (Lipinski definition) is 1. The number of likely N-dealkylation sites (tertiary alicyclic amines) is 1. The quantitative estimate of drug-likeness (QED) is 0.253. The second-order valence-corrected chi connectivity index (χ2v) is 9.07. The van der Waals surface area contributed by atoms with E-state index >= 15 is 0 Å². The molecule has 0 spiro atoms. The maximum atomic E-state index is 13.2. The molecule has 2 aromatic rings. The van der Waals surface area contributed by atoms with Gasteiger partial charge in [-0.25, -0.2) is 0 Å². The van der Waals surface area contributed by atoms with Crippen LogP contribution in [0.25, 0.3) is 5.76 Å². The third kappa shape index (κ3) is 6.26. The first-order valence-electron chi connectivity index (χ1n) is 12.8. The van der Waals surface area contributed by atoms with Gasteiger partial charge in [0.15, 0.2) is 0 Å². The summed E-state index contributed by atoms with van der Waals surface area (Å²) in [7, 11) is 0. The van der Waals surface area contributed by atoms with Crippen LogP contribution >= 0.6 is 0 Å². The Hall–Kier alpha value is -3.32. The molecule has 7 nitrogen and oxygen atoms in total. The zero-order valence-corrected chi connectivity index (χ0v) is 22.0. The van der Waals surface area contributed by atoms with Gasteiger partial charge in [0.05, 0.1) is 24.3 Å². The number of benzene rings is 2. The summed E-state index contributed by atoms with van der Waals surface area (Å²) in [6, 6.07) is 13.6. The molecule has 1 N–H and O–H groups in total. The molecule has 0 saturated carbocycles. The van der Waals surface area contributed by atoms with Gasteiger partial charge in [0.2, 0.25) is 0 Å². The third-order valence-corrected chi connectivity index (χ3v) is 6.31. The number of carbonyl (C=O) groups excluding carboxylic acids is 2. The first-order chi connectivity index (χ1) is 17.3. The molecule has 1 saturated heterocycles. The normalized spacial score (nSPS) is 17.3. The molecule has 1 amide bonds. The van der Waals surface area contributed by atoms with Crippen molar-refractivity contribution in [3.8, 4) is 11.5 Å². The molecule has 1 fully saturated rings. The van der Waals surface area contributed by atoms with Gasteiger partial charge in [-0.1, -0.05) is 26.0 Å². The van der Waals surface area contributed by atoms with Gasteiger partial charge in [-0.15, -0.1) is 0 Å². The summed E-state index contributed by atoms with van der Waals surface area (Å²) >= 11 is 0. The largest absolute Gasteiger partial charge is 0.507 e. The van der Waals surface area contributed by atoms with E-state index in [2.05, 4.69) is 18.7 Å². The van der Waals surface area contributed by atoms with Crippen LogP contribution in [0.4, 0.5) is 0 Å². The van der Waals surface area contributed by atoms with E-state index < -0.39 is 17.7 Å². The summed E-state index contributed by atoms with van der Waals surface area (Å²) in [6.07, 6.45) is 0.754. The van der Waals surface area contributed by atoms with Crippen LogP contribution in [0.5, 0.6) is 11.5 Å². The van der Waals surface area contributed by atoms with Gasteiger partial charge in [0.25, 0.3) is 11.7 Å². The van der Waals surface area contributed by atoms with Crippen molar-refractivity contribution in [1.29, 1.82) is 0 Å². The Bertz CT molecular complexity index is 1060.